The minimum absolute atomic E-state index is 0.0482. The Morgan fingerprint density at radius 1 is 1.26 bits per heavy atom. The Bertz CT molecular complexity index is 597. The topological polar surface area (TPSA) is 59.9 Å². The van der Waals surface area contributed by atoms with E-state index in [0.717, 1.165) is 4.47 Å². The highest BCUT2D eigenvalue weighted by atomic mass is 79.9. The van der Waals surface area contributed by atoms with Crippen molar-refractivity contribution in [2.45, 2.75) is 6.92 Å². The molecule has 2 aromatic rings. The van der Waals surface area contributed by atoms with Gasteiger partial charge in [-0.2, -0.15) is 15.0 Å². The molecule has 5 nitrogen and oxygen atoms in total. The number of anilines is 1. The van der Waals surface area contributed by atoms with E-state index in [1.165, 1.54) is 0 Å². The van der Waals surface area contributed by atoms with Crippen molar-refractivity contribution in [1.29, 1.82) is 0 Å². The van der Waals surface area contributed by atoms with Gasteiger partial charge in [-0.15, -0.1) is 0 Å². The van der Waals surface area contributed by atoms with Crippen molar-refractivity contribution in [3.63, 3.8) is 0 Å². The second kappa shape index (κ2) is 6.36. The van der Waals surface area contributed by atoms with Gasteiger partial charge in [0.15, 0.2) is 5.75 Å². The molecule has 0 aliphatic carbocycles. The molecule has 0 spiro atoms. The summed E-state index contributed by atoms with van der Waals surface area (Å²) in [6.07, 6.45) is 0. The first-order chi connectivity index (χ1) is 9.08. The maximum absolute atomic E-state index is 6.02. The summed E-state index contributed by atoms with van der Waals surface area (Å²) in [5.74, 6) is 0.782. The molecule has 0 radical (unpaired) electrons. The summed E-state index contributed by atoms with van der Waals surface area (Å²) in [6.45, 7) is 2.58. The molecule has 2 rings (SSSR count). The van der Waals surface area contributed by atoms with Crippen molar-refractivity contribution in [3.05, 3.63) is 33.0 Å². The second-order valence-corrected chi connectivity index (χ2v) is 5.08. The number of ether oxygens (including phenoxy) is 1. The van der Waals surface area contributed by atoms with E-state index >= 15 is 0 Å². The summed E-state index contributed by atoms with van der Waals surface area (Å²) in [6, 6.07) is 5.30. The Morgan fingerprint density at radius 2 is 2.05 bits per heavy atom. The van der Waals surface area contributed by atoms with Crippen molar-refractivity contribution in [3.8, 4) is 11.8 Å². The molecule has 0 saturated carbocycles. The third kappa shape index (κ3) is 3.92. The van der Waals surface area contributed by atoms with Crippen LogP contribution in [0.5, 0.6) is 11.8 Å². The fraction of sp³-hybridized carbons (Fsp3) is 0.182. The van der Waals surface area contributed by atoms with Gasteiger partial charge in [0.2, 0.25) is 11.2 Å². The maximum Gasteiger partial charge on any atom is 0.328 e. The first-order valence-corrected chi connectivity index (χ1v) is 6.91. The van der Waals surface area contributed by atoms with Crippen LogP contribution >= 0.6 is 39.1 Å². The summed E-state index contributed by atoms with van der Waals surface area (Å²) in [5.41, 5.74) is 0. The van der Waals surface area contributed by atoms with Crippen LogP contribution in [-0.4, -0.2) is 21.5 Å². The van der Waals surface area contributed by atoms with Crippen molar-refractivity contribution >= 4 is 45.1 Å². The first-order valence-electron chi connectivity index (χ1n) is 5.37. The minimum Gasteiger partial charge on any atom is -0.423 e. The molecule has 0 aliphatic rings. The predicted molar refractivity (Wildman–Crippen MR) is 78.2 cm³/mol. The first kappa shape index (κ1) is 14.3. The lowest BCUT2D eigenvalue weighted by molar-refractivity contribution is 0.440. The van der Waals surface area contributed by atoms with Gasteiger partial charge in [-0.05, 0) is 36.7 Å². The van der Waals surface area contributed by atoms with Gasteiger partial charge in [-0.1, -0.05) is 27.5 Å². The smallest absolute Gasteiger partial charge is 0.328 e. The lowest BCUT2D eigenvalue weighted by atomic mass is 10.3. The number of hydrogen-bond donors (Lipinski definition) is 1. The fourth-order valence-electron chi connectivity index (χ4n) is 1.27. The van der Waals surface area contributed by atoms with Crippen LogP contribution in [0, 0.1) is 0 Å². The van der Waals surface area contributed by atoms with E-state index in [0.29, 0.717) is 23.3 Å². The summed E-state index contributed by atoms with van der Waals surface area (Å²) in [4.78, 5) is 11.9. The lowest BCUT2D eigenvalue weighted by Gasteiger charge is -2.08. The Morgan fingerprint density at radius 3 is 2.79 bits per heavy atom. The molecule has 0 aliphatic heterocycles. The predicted octanol–water partition coefficient (Wildman–Crippen LogP) is 4.17. The van der Waals surface area contributed by atoms with Crippen LogP contribution in [0.15, 0.2) is 22.7 Å². The van der Waals surface area contributed by atoms with Crippen molar-refractivity contribution in [2.75, 3.05) is 11.9 Å². The monoisotopic (exact) mass is 362 g/mol. The molecule has 1 aromatic heterocycles. The van der Waals surface area contributed by atoms with E-state index in [1.807, 2.05) is 6.92 Å². The molecule has 8 heteroatoms. The molecule has 19 heavy (non-hydrogen) atoms. The average Bonchev–Trinajstić information content (AvgIpc) is 2.33. The number of nitrogens with one attached hydrogen (secondary N) is 1. The van der Waals surface area contributed by atoms with Crippen LogP contribution in [0.2, 0.25) is 10.3 Å². The maximum atomic E-state index is 6.02. The molecule has 1 heterocycles. The van der Waals surface area contributed by atoms with E-state index in [1.54, 1.807) is 18.2 Å². The number of halogens is 3. The quantitative estimate of drug-likeness (QED) is 0.883. The highest BCUT2D eigenvalue weighted by molar-refractivity contribution is 9.10. The number of hydrogen-bond acceptors (Lipinski definition) is 5. The normalized spacial score (nSPS) is 10.3. The van der Waals surface area contributed by atoms with Gasteiger partial charge in [0.25, 0.3) is 0 Å². The second-order valence-electron chi connectivity index (χ2n) is 3.42. The van der Waals surface area contributed by atoms with Gasteiger partial charge < -0.3 is 10.1 Å². The van der Waals surface area contributed by atoms with E-state index < -0.39 is 0 Å². The summed E-state index contributed by atoms with van der Waals surface area (Å²) in [7, 11) is 0. The van der Waals surface area contributed by atoms with E-state index in [9.17, 15) is 0 Å². The Kier molecular flexibility index (Phi) is 4.79. The molecule has 0 atom stereocenters. The van der Waals surface area contributed by atoms with Gasteiger partial charge in [0, 0.05) is 11.0 Å². The highest BCUT2D eigenvalue weighted by Crippen LogP contribution is 2.31. The molecule has 0 unspecified atom stereocenters. The number of rotatable bonds is 4. The number of benzene rings is 1. The molecular weight excluding hydrogens is 355 g/mol. The Hall–Kier alpha value is -1.11. The zero-order chi connectivity index (χ0) is 13.8. The molecule has 0 fully saturated rings. The van der Waals surface area contributed by atoms with E-state index in [2.05, 4.69) is 36.2 Å². The van der Waals surface area contributed by atoms with Gasteiger partial charge in [-0.3, -0.25) is 0 Å². The number of nitrogens with zero attached hydrogens (tertiary/aromatic N) is 3. The zero-order valence-corrected chi connectivity index (χ0v) is 12.9. The molecular formula is C11H9BrCl2N4O. The van der Waals surface area contributed by atoms with Crippen LogP contribution in [-0.2, 0) is 0 Å². The standard InChI is InChI=1S/C11H9BrCl2N4O/c1-2-15-10-16-9(14)17-11(18-10)19-8-5-6(12)3-4-7(8)13/h3-5H,2H2,1H3,(H,15,16,17,18). The van der Waals surface area contributed by atoms with Gasteiger partial charge >= 0.3 is 6.01 Å². The average molecular weight is 364 g/mol. The summed E-state index contributed by atoms with van der Waals surface area (Å²) in [5, 5.41) is 3.43. The van der Waals surface area contributed by atoms with Gasteiger partial charge in [0.05, 0.1) is 5.02 Å². The molecule has 0 amide bonds. The van der Waals surface area contributed by atoms with E-state index in [-0.39, 0.29) is 11.3 Å². The van der Waals surface area contributed by atoms with Crippen LogP contribution in [0.25, 0.3) is 0 Å². The van der Waals surface area contributed by atoms with E-state index in [4.69, 9.17) is 27.9 Å². The summed E-state index contributed by atoms with van der Waals surface area (Å²) < 4.78 is 6.34. The molecule has 1 N–H and O–H groups in total. The Labute approximate surface area is 128 Å². The molecule has 0 bridgehead atoms. The van der Waals surface area contributed by atoms with Crippen LogP contribution < -0.4 is 10.1 Å². The molecule has 100 valence electrons. The lowest BCUT2D eigenvalue weighted by Crippen LogP contribution is -2.04. The third-order valence-electron chi connectivity index (χ3n) is 2.02. The fourth-order valence-corrected chi connectivity index (χ4v) is 1.92. The highest BCUT2D eigenvalue weighted by Gasteiger charge is 2.09. The largest absolute Gasteiger partial charge is 0.423 e. The van der Waals surface area contributed by atoms with Crippen molar-refractivity contribution in [2.24, 2.45) is 0 Å². The number of aromatic nitrogens is 3. The van der Waals surface area contributed by atoms with Crippen molar-refractivity contribution < 1.29 is 4.74 Å². The van der Waals surface area contributed by atoms with Crippen LogP contribution in [0.3, 0.4) is 0 Å². The SMILES string of the molecule is CCNc1nc(Cl)nc(Oc2cc(Br)ccc2Cl)n1. The molecule has 0 saturated heterocycles. The minimum atomic E-state index is 0.0482. The van der Waals surface area contributed by atoms with Crippen molar-refractivity contribution in [1.82, 2.24) is 15.0 Å². The van der Waals surface area contributed by atoms with Crippen LogP contribution in [0.1, 0.15) is 6.92 Å². The van der Waals surface area contributed by atoms with Gasteiger partial charge in [0.1, 0.15) is 0 Å². The van der Waals surface area contributed by atoms with Gasteiger partial charge in [-0.25, -0.2) is 0 Å². The molecule has 1 aromatic carbocycles. The van der Waals surface area contributed by atoms with Crippen LogP contribution in [0.4, 0.5) is 5.95 Å². The zero-order valence-electron chi connectivity index (χ0n) is 9.82. The Balaban J connectivity index is 2.29. The third-order valence-corrected chi connectivity index (χ3v) is 2.99. The summed E-state index contributed by atoms with van der Waals surface area (Å²) >= 11 is 15.2.